The molecule has 1 aromatic heterocycles. The number of nitriles is 1. The van der Waals surface area contributed by atoms with E-state index in [-0.39, 0.29) is 5.92 Å². The first-order valence-electron chi connectivity index (χ1n) is 6.27. The average molecular weight is 351 g/mol. The summed E-state index contributed by atoms with van der Waals surface area (Å²) in [5.41, 5.74) is 3.68. The van der Waals surface area contributed by atoms with Gasteiger partial charge in [0.2, 0.25) is 0 Å². The molecule has 0 saturated carbocycles. The number of piperidine rings is 1. The molecule has 1 aliphatic carbocycles. The van der Waals surface area contributed by atoms with Crippen LogP contribution in [0.4, 0.5) is 5.69 Å². The Kier molecular flexibility index (Phi) is 3.25. The van der Waals surface area contributed by atoms with Crippen molar-refractivity contribution in [2.45, 2.75) is 19.3 Å². The molecule has 0 N–H and O–H groups in total. The Balaban J connectivity index is 1.80. The van der Waals surface area contributed by atoms with E-state index in [0.717, 1.165) is 32.4 Å². The quantitative estimate of drug-likeness (QED) is 0.730. The SMILES string of the molecule is N#CC1CCN(c2cnc3c(c2)C(I)=CC3)CC1. The second-order valence-corrected chi connectivity index (χ2v) is 6.00. The maximum atomic E-state index is 8.92. The molecule has 0 amide bonds. The monoisotopic (exact) mass is 351 g/mol. The normalized spacial score (nSPS) is 19.3. The van der Waals surface area contributed by atoms with E-state index in [1.165, 1.54) is 20.5 Å². The Bertz CT molecular complexity index is 536. The Morgan fingerprint density at radius 3 is 2.89 bits per heavy atom. The minimum absolute atomic E-state index is 0.240. The number of allylic oxidation sites excluding steroid dienone is 1. The zero-order valence-electron chi connectivity index (χ0n) is 10.1. The van der Waals surface area contributed by atoms with Crippen molar-refractivity contribution in [1.82, 2.24) is 4.98 Å². The van der Waals surface area contributed by atoms with Crippen molar-refractivity contribution in [1.29, 1.82) is 5.26 Å². The van der Waals surface area contributed by atoms with Crippen LogP contribution in [0.25, 0.3) is 3.58 Å². The molecule has 0 aromatic carbocycles. The van der Waals surface area contributed by atoms with Gasteiger partial charge in [-0.05, 0) is 41.5 Å². The van der Waals surface area contributed by atoms with Crippen molar-refractivity contribution in [3.05, 3.63) is 29.6 Å². The van der Waals surface area contributed by atoms with Crippen LogP contribution < -0.4 is 4.90 Å². The van der Waals surface area contributed by atoms with Gasteiger partial charge >= 0.3 is 0 Å². The molecule has 3 rings (SSSR count). The largest absolute Gasteiger partial charge is 0.370 e. The average Bonchev–Trinajstić information content (AvgIpc) is 2.80. The summed E-state index contributed by atoms with van der Waals surface area (Å²) in [6, 6.07) is 4.62. The molecule has 2 aliphatic rings. The first kappa shape index (κ1) is 12.0. The van der Waals surface area contributed by atoms with E-state index < -0.39 is 0 Å². The lowest BCUT2D eigenvalue weighted by Gasteiger charge is -2.31. The van der Waals surface area contributed by atoms with Gasteiger partial charge in [0, 0.05) is 34.6 Å². The second kappa shape index (κ2) is 4.88. The highest BCUT2D eigenvalue weighted by atomic mass is 127. The van der Waals surface area contributed by atoms with Crippen LogP contribution in [0.2, 0.25) is 0 Å². The third-order valence-corrected chi connectivity index (χ3v) is 4.75. The van der Waals surface area contributed by atoms with Crippen molar-refractivity contribution in [3.63, 3.8) is 0 Å². The van der Waals surface area contributed by atoms with Crippen molar-refractivity contribution in [2.75, 3.05) is 18.0 Å². The van der Waals surface area contributed by atoms with E-state index in [1.54, 1.807) is 0 Å². The second-order valence-electron chi connectivity index (χ2n) is 4.83. The smallest absolute Gasteiger partial charge is 0.0657 e. The molecule has 1 aliphatic heterocycles. The fourth-order valence-corrected chi connectivity index (χ4v) is 3.27. The van der Waals surface area contributed by atoms with Crippen LogP contribution in [-0.2, 0) is 6.42 Å². The van der Waals surface area contributed by atoms with Gasteiger partial charge in [-0.2, -0.15) is 5.26 Å². The standard InChI is InChI=1S/C14H14IN3/c15-13-1-2-14-12(13)7-11(9-17-14)18-5-3-10(8-16)4-6-18/h1,7,9-10H,2-6H2. The fraction of sp³-hybridized carbons (Fsp3) is 0.429. The van der Waals surface area contributed by atoms with Crippen LogP contribution in [0.15, 0.2) is 18.3 Å². The van der Waals surface area contributed by atoms with Crippen LogP contribution in [-0.4, -0.2) is 18.1 Å². The van der Waals surface area contributed by atoms with Gasteiger partial charge in [-0.15, -0.1) is 0 Å². The van der Waals surface area contributed by atoms with Gasteiger partial charge in [0.05, 0.1) is 23.6 Å². The topological polar surface area (TPSA) is 39.9 Å². The van der Waals surface area contributed by atoms with Gasteiger partial charge in [-0.25, -0.2) is 0 Å². The summed E-state index contributed by atoms with van der Waals surface area (Å²) < 4.78 is 1.31. The molecule has 0 spiro atoms. The van der Waals surface area contributed by atoms with E-state index in [2.05, 4.69) is 50.7 Å². The molecule has 1 saturated heterocycles. The first-order valence-corrected chi connectivity index (χ1v) is 7.35. The predicted octanol–water partition coefficient (Wildman–Crippen LogP) is 3.15. The van der Waals surface area contributed by atoms with E-state index in [9.17, 15) is 0 Å². The molecule has 0 atom stereocenters. The Morgan fingerprint density at radius 1 is 1.39 bits per heavy atom. The third kappa shape index (κ3) is 2.12. The first-order chi connectivity index (χ1) is 8.78. The molecule has 92 valence electrons. The molecule has 4 heteroatoms. The van der Waals surface area contributed by atoms with E-state index in [4.69, 9.17) is 5.26 Å². The van der Waals surface area contributed by atoms with E-state index in [1.807, 2.05) is 6.20 Å². The highest BCUT2D eigenvalue weighted by Gasteiger charge is 2.21. The molecule has 0 unspecified atom stereocenters. The summed E-state index contributed by atoms with van der Waals surface area (Å²) in [7, 11) is 0. The lowest BCUT2D eigenvalue weighted by Crippen LogP contribution is -2.33. The molecular weight excluding hydrogens is 337 g/mol. The minimum atomic E-state index is 0.240. The summed E-state index contributed by atoms with van der Waals surface area (Å²) in [6.07, 6.45) is 7.12. The fourth-order valence-electron chi connectivity index (χ4n) is 2.59. The summed E-state index contributed by atoms with van der Waals surface area (Å²) in [5, 5.41) is 8.92. The van der Waals surface area contributed by atoms with E-state index in [0.29, 0.717) is 0 Å². The van der Waals surface area contributed by atoms with Crippen molar-refractivity contribution in [3.8, 4) is 6.07 Å². The van der Waals surface area contributed by atoms with Gasteiger partial charge in [0.1, 0.15) is 0 Å². The minimum Gasteiger partial charge on any atom is -0.370 e. The Morgan fingerprint density at radius 2 is 2.17 bits per heavy atom. The maximum absolute atomic E-state index is 8.92. The molecule has 0 bridgehead atoms. The zero-order valence-corrected chi connectivity index (χ0v) is 12.2. The summed E-state index contributed by atoms with van der Waals surface area (Å²) in [6.45, 7) is 1.94. The Labute approximate surface area is 121 Å². The number of rotatable bonds is 1. The van der Waals surface area contributed by atoms with Crippen LogP contribution in [0.3, 0.4) is 0 Å². The molecular formula is C14H14IN3. The molecule has 0 radical (unpaired) electrons. The molecule has 2 heterocycles. The number of halogens is 1. The molecule has 3 nitrogen and oxygen atoms in total. The molecule has 1 aromatic rings. The number of pyridine rings is 1. The third-order valence-electron chi connectivity index (χ3n) is 3.73. The summed E-state index contributed by atoms with van der Waals surface area (Å²) in [4.78, 5) is 6.91. The Hall–Kier alpha value is -1.09. The number of hydrogen-bond acceptors (Lipinski definition) is 3. The highest BCUT2D eigenvalue weighted by molar-refractivity contribution is 14.1. The van der Waals surface area contributed by atoms with Crippen LogP contribution in [0, 0.1) is 17.2 Å². The molecule has 18 heavy (non-hydrogen) atoms. The number of fused-ring (bicyclic) bond motifs is 1. The van der Waals surface area contributed by atoms with Crippen LogP contribution in [0.5, 0.6) is 0 Å². The van der Waals surface area contributed by atoms with Crippen LogP contribution >= 0.6 is 22.6 Å². The zero-order chi connectivity index (χ0) is 12.5. The lowest BCUT2D eigenvalue weighted by atomic mass is 9.98. The van der Waals surface area contributed by atoms with Crippen molar-refractivity contribution < 1.29 is 0 Å². The number of aromatic nitrogens is 1. The highest BCUT2D eigenvalue weighted by Crippen LogP contribution is 2.34. The molecule has 1 fully saturated rings. The lowest BCUT2D eigenvalue weighted by molar-refractivity contribution is 0.487. The number of nitrogens with zero attached hydrogens (tertiary/aromatic N) is 3. The van der Waals surface area contributed by atoms with Crippen molar-refractivity contribution in [2.24, 2.45) is 5.92 Å². The van der Waals surface area contributed by atoms with Gasteiger partial charge in [0.15, 0.2) is 0 Å². The summed E-state index contributed by atoms with van der Waals surface area (Å²) >= 11 is 2.38. The maximum Gasteiger partial charge on any atom is 0.0657 e. The van der Waals surface area contributed by atoms with E-state index >= 15 is 0 Å². The predicted molar refractivity (Wildman–Crippen MR) is 80.5 cm³/mol. The number of anilines is 1. The van der Waals surface area contributed by atoms with Crippen LogP contribution in [0.1, 0.15) is 24.1 Å². The van der Waals surface area contributed by atoms with Gasteiger partial charge < -0.3 is 4.90 Å². The number of hydrogen-bond donors (Lipinski definition) is 0. The van der Waals surface area contributed by atoms with Gasteiger partial charge in [0.25, 0.3) is 0 Å². The van der Waals surface area contributed by atoms with Gasteiger partial charge in [-0.1, -0.05) is 6.08 Å². The van der Waals surface area contributed by atoms with Crippen molar-refractivity contribution >= 4 is 31.9 Å². The summed E-state index contributed by atoms with van der Waals surface area (Å²) in [5.74, 6) is 0.240. The van der Waals surface area contributed by atoms with Gasteiger partial charge in [-0.3, -0.25) is 4.98 Å².